The molecule has 0 aliphatic carbocycles. The maximum Gasteiger partial charge on any atom is 0.0636 e. The normalized spacial score (nSPS) is 11.3. The average molecular weight is 482 g/mol. The fraction of sp³-hybridized carbons (Fsp3) is 0.194. The summed E-state index contributed by atoms with van der Waals surface area (Å²) in [6, 6.07) is 22.3. The molecule has 3 rings (SSSR count). The van der Waals surface area contributed by atoms with Gasteiger partial charge in [-0.15, -0.1) is 0 Å². The van der Waals surface area contributed by atoms with Gasteiger partial charge >= 0.3 is 0 Å². The summed E-state index contributed by atoms with van der Waals surface area (Å²) in [7, 11) is 1.92. The third-order valence-corrected chi connectivity index (χ3v) is 5.72. The minimum absolute atomic E-state index is 0.288. The predicted octanol–water partition coefficient (Wildman–Crippen LogP) is 6.41. The van der Waals surface area contributed by atoms with E-state index in [-0.39, 0.29) is 6.04 Å². The first-order valence-corrected chi connectivity index (χ1v) is 12.1. The summed E-state index contributed by atoms with van der Waals surface area (Å²) in [5.41, 5.74) is 19.8. The third-order valence-electron chi connectivity index (χ3n) is 5.72. The molecule has 0 heterocycles. The van der Waals surface area contributed by atoms with E-state index in [2.05, 4.69) is 42.8 Å². The van der Waals surface area contributed by atoms with E-state index >= 15 is 0 Å². The second-order valence-corrected chi connectivity index (χ2v) is 8.42. The number of benzene rings is 3. The number of nitrogens with two attached hydrogens (primary N) is 2. The highest BCUT2D eigenvalue weighted by Crippen LogP contribution is 2.24. The second kappa shape index (κ2) is 14.5. The zero-order valence-corrected chi connectivity index (χ0v) is 21.6. The highest BCUT2D eigenvalue weighted by Gasteiger charge is 2.12. The summed E-state index contributed by atoms with van der Waals surface area (Å²) in [6.45, 7) is 12.3. The number of anilines is 2. The van der Waals surface area contributed by atoms with Crippen molar-refractivity contribution in [2.24, 2.45) is 5.73 Å². The third kappa shape index (κ3) is 8.08. The molecule has 0 radical (unpaired) electrons. The molecule has 0 spiro atoms. The lowest BCUT2D eigenvalue weighted by Gasteiger charge is -2.13. The number of nitrogens with one attached hydrogen (secondary N) is 3. The SMILES string of the molecule is C=Cc1ccc(N)c(C(=N)/C=C/c2ccc(NC(=C)C)cc2)c1CC.CNC(CN)c1ccccc1. The van der Waals surface area contributed by atoms with Crippen molar-refractivity contribution in [3.8, 4) is 0 Å². The molecular formula is C31H39N5. The van der Waals surface area contributed by atoms with Crippen molar-refractivity contribution < 1.29 is 0 Å². The van der Waals surface area contributed by atoms with Crippen LogP contribution in [0.2, 0.25) is 0 Å². The molecular weight excluding hydrogens is 442 g/mol. The standard InChI is InChI=1S/C22H25N3.C9H14N2/c1-5-17-10-14-21(24)22(19(17)6-2)20(23)13-9-16-7-11-18(12-8-16)25-15(3)4;1-11-9(7-10)8-5-3-2-4-6-8/h5,7-14,23,25H,1,3,6,24H2,2,4H3;2-6,9,11H,7,10H2,1H3/b13-9+,23-20?;. The second-order valence-electron chi connectivity index (χ2n) is 8.42. The molecule has 0 saturated heterocycles. The molecule has 0 saturated carbocycles. The molecule has 0 amide bonds. The molecule has 7 N–H and O–H groups in total. The number of allylic oxidation sites excluding steroid dienone is 2. The Morgan fingerprint density at radius 3 is 2.25 bits per heavy atom. The molecule has 1 atom stereocenters. The van der Waals surface area contributed by atoms with E-state index in [4.69, 9.17) is 16.9 Å². The van der Waals surface area contributed by atoms with Gasteiger partial charge < -0.3 is 27.5 Å². The Kier molecular flexibility index (Phi) is 11.4. The average Bonchev–Trinajstić information content (AvgIpc) is 2.89. The minimum Gasteiger partial charge on any atom is -0.398 e. The fourth-order valence-electron chi connectivity index (χ4n) is 3.87. The molecule has 1 unspecified atom stereocenters. The Hall–Kier alpha value is -3.93. The molecule has 0 aromatic heterocycles. The van der Waals surface area contributed by atoms with Gasteiger partial charge in [-0.05, 0) is 66.9 Å². The Morgan fingerprint density at radius 1 is 1.06 bits per heavy atom. The molecule has 36 heavy (non-hydrogen) atoms. The van der Waals surface area contributed by atoms with Crippen LogP contribution >= 0.6 is 0 Å². The zero-order valence-electron chi connectivity index (χ0n) is 21.6. The lowest BCUT2D eigenvalue weighted by Crippen LogP contribution is -2.24. The topological polar surface area (TPSA) is 100.0 Å². The van der Waals surface area contributed by atoms with Crippen LogP contribution in [0.1, 0.15) is 47.7 Å². The predicted molar refractivity (Wildman–Crippen MR) is 158 cm³/mol. The van der Waals surface area contributed by atoms with Crippen molar-refractivity contribution >= 4 is 29.2 Å². The van der Waals surface area contributed by atoms with Gasteiger partial charge in [-0.2, -0.15) is 0 Å². The molecule has 0 aliphatic rings. The summed E-state index contributed by atoms with van der Waals surface area (Å²) in [5, 5.41) is 14.8. The van der Waals surface area contributed by atoms with E-state index in [0.29, 0.717) is 17.9 Å². The number of hydrogen-bond acceptors (Lipinski definition) is 5. The van der Waals surface area contributed by atoms with Crippen LogP contribution in [0.5, 0.6) is 0 Å². The molecule has 5 heteroatoms. The van der Waals surface area contributed by atoms with E-state index in [9.17, 15) is 0 Å². The number of likely N-dealkylation sites (N-methyl/N-ethyl adjacent to an activating group) is 1. The monoisotopic (exact) mass is 481 g/mol. The van der Waals surface area contributed by atoms with Crippen molar-refractivity contribution in [2.75, 3.05) is 24.6 Å². The lowest BCUT2D eigenvalue weighted by molar-refractivity contribution is 0.606. The van der Waals surface area contributed by atoms with Crippen LogP contribution in [0.15, 0.2) is 91.7 Å². The van der Waals surface area contributed by atoms with Gasteiger partial charge in [0.25, 0.3) is 0 Å². The van der Waals surface area contributed by atoms with Gasteiger partial charge in [0.05, 0.1) is 5.71 Å². The van der Waals surface area contributed by atoms with Crippen LogP contribution in [-0.4, -0.2) is 19.3 Å². The van der Waals surface area contributed by atoms with Crippen molar-refractivity contribution in [1.29, 1.82) is 5.41 Å². The molecule has 3 aromatic carbocycles. The molecule has 0 aliphatic heterocycles. The van der Waals surface area contributed by atoms with Crippen LogP contribution in [-0.2, 0) is 6.42 Å². The number of hydrogen-bond donors (Lipinski definition) is 5. The van der Waals surface area contributed by atoms with E-state index in [1.807, 2.05) is 80.7 Å². The summed E-state index contributed by atoms with van der Waals surface area (Å²) < 4.78 is 0. The largest absolute Gasteiger partial charge is 0.398 e. The Morgan fingerprint density at radius 2 is 1.72 bits per heavy atom. The Labute approximate surface area is 216 Å². The molecule has 3 aromatic rings. The van der Waals surface area contributed by atoms with Crippen LogP contribution in [0.4, 0.5) is 11.4 Å². The van der Waals surface area contributed by atoms with Crippen LogP contribution < -0.4 is 22.1 Å². The van der Waals surface area contributed by atoms with E-state index in [1.165, 1.54) is 5.56 Å². The fourth-order valence-corrected chi connectivity index (χ4v) is 3.87. The van der Waals surface area contributed by atoms with Gasteiger partial charge in [0.15, 0.2) is 0 Å². The van der Waals surface area contributed by atoms with Gasteiger partial charge in [0, 0.05) is 35.2 Å². The first kappa shape index (κ1) is 28.3. The zero-order chi connectivity index (χ0) is 26.5. The summed E-state index contributed by atoms with van der Waals surface area (Å²) >= 11 is 0. The van der Waals surface area contributed by atoms with Crippen molar-refractivity contribution in [3.05, 3.63) is 119 Å². The quantitative estimate of drug-likeness (QED) is 0.171. The van der Waals surface area contributed by atoms with Gasteiger partial charge in [-0.25, -0.2) is 0 Å². The Bertz CT molecular complexity index is 1170. The first-order valence-electron chi connectivity index (χ1n) is 12.1. The van der Waals surface area contributed by atoms with Crippen LogP contribution in [0.3, 0.4) is 0 Å². The summed E-state index contributed by atoms with van der Waals surface area (Å²) in [5.74, 6) is 0. The van der Waals surface area contributed by atoms with Crippen LogP contribution in [0, 0.1) is 5.41 Å². The number of rotatable bonds is 10. The first-order chi connectivity index (χ1) is 17.3. The Balaban J connectivity index is 0.000000346. The smallest absolute Gasteiger partial charge is 0.0636 e. The molecule has 0 fully saturated rings. The van der Waals surface area contributed by atoms with Crippen molar-refractivity contribution in [2.45, 2.75) is 26.3 Å². The molecule has 5 nitrogen and oxygen atoms in total. The highest BCUT2D eigenvalue weighted by molar-refractivity contribution is 6.13. The summed E-state index contributed by atoms with van der Waals surface area (Å²) in [4.78, 5) is 0. The van der Waals surface area contributed by atoms with E-state index in [1.54, 1.807) is 6.08 Å². The van der Waals surface area contributed by atoms with Gasteiger partial charge in [0.2, 0.25) is 0 Å². The van der Waals surface area contributed by atoms with Crippen LogP contribution in [0.25, 0.3) is 12.2 Å². The van der Waals surface area contributed by atoms with E-state index in [0.717, 1.165) is 40.1 Å². The highest BCUT2D eigenvalue weighted by atomic mass is 14.9. The van der Waals surface area contributed by atoms with Gasteiger partial charge in [-0.1, -0.05) is 80.8 Å². The molecule has 0 bridgehead atoms. The minimum atomic E-state index is 0.288. The van der Waals surface area contributed by atoms with E-state index < -0.39 is 0 Å². The maximum atomic E-state index is 8.45. The van der Waals surface area contributed by atoms with Crippen molar-refractivity contribution in [1.82, 2.24) is 5.32 Å². The maximum absolute atomic E-state index is 8.45. The van der Waals surface area contributed by atoms with Gasteiger partial charge in [-0.3, -0.25) is 0 Å². The number of nitrogen functional groups attached to an aromatic ring is 1. The van der Waals surface area contributed by atoms with Gasteiger partial charge in [0.1, 0.15) is 0 Å². The summed E-state index contributed by atoms with van der Waals surface area (Å²) in [6.07, 6.45) is 6.33. The lowest BCUT2D eigenvalue weighted by atomic mass is 9.93. The molecule has 188 valence electrons. The van der Waals surface area contributed by atoms with Crippen molar-refractivity contribution in [3.63, 3.8) is 0 Å².